The molecule has 0 saturated carbocycles. The predicted octanol–water partition coefficient (Wildman–Crippen LogP) is 4.25. The van der Waals surface area contributed by atoms with Crippen LogP contribution in [0.15, 0.2) is 58.8 Å². The first-order valence-corrected chi connectivity index (χ1v) is 10.9. The van der Waals surface area contributed by atoms with E-state index in [0.29, 0.717) is 10.8 Å². The van der Waals surface area contributed by atoms with Crippen LogP contribution in [0.2, 0.25) is 0 Å². The number of aromatic nitrogens is 1. The maximum absolute atomic E-state index is 12.5. The lowest BCUT2D eigenvalue weighted by Crippen LogP contribution is -2.12. The number of esters is 1. The van der Waals surface area contributed by atoms with Crippen molar-refractivity contribution in [1.82, 2.24) is 4.98 Å². The van der Waals surface area contributed by atoms with Gasteiger partial charge in [0.25, 0.3) is 0 Å². The van der Waals surface area contributed by atoms with Gasteiger partial charge in [-0.15, -0.1) is 11.3 Å². The summed E-state index contributed by atoms with van der Waals surface area (Å²) in [5.41, 5.74) is 1.36. The third-order valence-corrected chi connectivity index (χ3v) is 6.10. The van der Waals surface area contributed by atoms with Gasteiger partial charge >= 0.3 is 11.7 Å². The lowest BCUT2D eigenvalue weighted by molar-refractivity contribution is 0.0468. The van der Waals surface area contributed by atoms with Gasteiger partial charge in [-0.3, -0.25) is 0 Å². The average Bonchev–Trinajstić information content (AvgIpc) is 3.19. The highest BCUT2D eigenvalue weighted by molar-refractivity contribution is 7.91. The van der Waals surface area contributed by atoms with Crippen molar-refractivity contribution in [3.63, 3.8) is 0 Å². The zero-order valence-electron chi connectivity index (χ0n) is 15.5. The predicted molar refractivity (Wildman–Crippen MR) is 107 cm³/mol. The van der Waals surface area contributed by atoms with Gasteiger partial charge in [-0.25, -0.2) is 18.2 Å². The second kappa shape index (κ2) is 9.18. The Labute approximate surface area is 175 Å². The van der Waals surface area contributed by atoms with Crippen LogP contribution in [0.1, 0.15) is 16.1 Å². The molecule has 1 aromatic heterocycles. The van der Waals surface area contributed by atoms with Crippen LogP contribution in [0.5, 0.6) is 5.75 Å². The van der Waals surface area contributed by atoms with E-state index < -0.39 is 26.5 Å². The average molecular weight is 454 g/mol. The minimum absolute atomic E-state index is 0.0371. The van der Waals surface area contributed by atoms with Crippen molar-refractivity contribution >= 4 is 38.0 Å². The fraction of sp³-hybridized carbons (Fsp3) is 0.158. The van der Waals surface area contributed by atoms with Crippen LogP contribution in [-0.2, 0) is 21.2 Å². The number of rotatable bonds is 8. The first kappa shape index (κ1) is 21.7. The summed E-state index contributed by atoms with van der Waals surface area (Å²) in [6.45, 7) is -0.100. The van der Waals surface area contributed by atoms with E-state index in [1.54, 1.807) is 24.6 Å². The van der Waals surface area contributed by atoms with Crippen molar-refractivity contribution in [2.24, 2.45) is 0 Å². The van der Waals surface area contributed by atoms with Crippen LogP contribution in [0.3, 0.4) is 0 Å². The summed E-state index contributed by atoms with van der Waals surface area (Å²) in [5, 5.41) is 5.44. The summed E-state index contributed by atoms with van der Waals surface area (Å²) >= 11 is 1.33. The number of ether oxygens (including phenoxy) is 2. The van der Waals surface area contributed by atoms with E-state index in [1.807, 2.05) is 12.1 Å². The molecule has 3 aromatic rings. The summed E-state index contributed by atoms with van der Waals surface area (Å²) < 4.78 is 58.1. The van der Waals surface area contributed by atoms with Crippen LogP contribution in [0, 0.1) is 0 Å². The van der Waals surface area contributed by atoms with Gasteiger partial charge in [0.15, 0.2) is 5.13 Å². The van der Waals surface area contributed by atoms with E-state index >= 15 is 0 Å². The molecule has 0 bridgehead atoms. The lowest BCUT2D eigenvalue weighted by atomic mass is 10.2. The third-order valence-electron chi connectivity index (χ3n) is 3.90. The highest BCUT2D eigenvalue weighted by Gasteiger charge is 2.26. The number of carbonyl (C=O) groups excluding carboxylic acids is 1. The number of sulfone groups is 1. The summed E-state index contributed by atoms with van der Waals surface area (Å²) in [6.07, 6.45) is 0. The molecule has 0 aliphatic rings. The normalized spacial score (nSPS) is 11.3. The molecule has 0 fully saturated rings. The van der Waals surface area contributed by atoms with Gasteiger partial charge in [-0.2, -0.15) is 8.78 Å². The smallest absolute Gasteiger partial charge is 0.341 e. The van der Waals surface area contributed by atoms with Gasteiger partial charge in [0.05, 0.1) is 23.3 Å². The minimum Gasteiger partial charge on any atom is -0.497 e. The van der Waals surface area contributed by atoms with Crippen LogP contribution in [0.25, 0.3) is 0 Å². The van der Waals surface area contributed by atoms with Crippen LogP contribution in [0.4, 0.5) is 19.6 Å². The molecule has 1 heterocycles. The number of anilines is 2. The Balaban J connectivity index is 1.57. The highest BCUT2D eigenvalue weighted by Crippen LogP contribution is 2.23. The number of hydrogen-bond donors (Lipinski definition) is 1. The maximum atomic E-state index is 12.5. The second-order valence-corrected chi connectivity index (χ2v) is 8.68. The Morgan fingerprint density at radius 2 is 1.80 bits per heavy atom. The summed E-state index contributed by atoms with van der Waals surface area (Å²) in [5.74, 6) is -3.53. The number of alkyl halides is 2. The first-order valence-electron chi connectivity index (χ1n) is 8.44. The number of halogens is 2. The Hall–Kier alpha value is -3.05. The van der Waals surface area contributed by atoms with E-state index in [4.69, 9.17) is 9.47 Å². The molecule has 0 unspecified atom stereocenters. The summed E-state index contributed by atoms with van der Waals surface area (Å²) in [4.78, 5) is 15.8. The highest BCUT2D eigenvalue weighted by atomic mass is 32.2. The molecular weight excluding hydrogens is 438 g/mol. The molecule has 3 rings (SSSR count). The lowest BCUT2D eigenvalue weighted by Gasteiger charge is -2.06. The first-order chi connectivity index (χ1) is 14.3. The van der Waals surface area contributed by atoms with E-state index in [0.717, 1.165) is 35.7 Å². The van der Waals surface area contributed by atoms with Crippen molar-refractivity contribution in [2.45, 2.75) is 17.3 Å². The van der Waals surface area contributed by atoms with Gasteiger partial charge in [-0.05, 0) is 48.5 Å². The molecule has 7 nitrogen and oxygen atoms in total. The number of nitrogens with zero attached hydrogens (tertiary/aromatic N) is 1. The number of carbonyl (C=O) groups is 1. The molecule has 0 aliphatic heterocycles. The fourth-order valence-electron chi connectivity index (χ4n) is 2.33. The molecule has 2 aromatic carbocycles. The third kappa shape index (κ3) is 5.10. The Kier molecular flexibility index (Phi) is 6.63. The molecule has 158 valence electrons. The molecule has 0 aliphatic carbocycles. The zero-order chi connectivity index (χ0) is 21.7. The van der Waals surface area contributed by atoms with Gasteiger partial charge < -0.3 is 14.8 Å². The maximum Gasteiger partial charge on any atom is 0.341 e. The van der Waals surface area contributed by atoms with E-state index in [2.05, 4.69) is 10.3 Å². The Bertz CT molecular complexity index is 1110. The Morgan fingerprint density at radius 3 is 2.40 bits per heavy atom. The summed E-state index contributed by atoms with van der Waals surface area (Å²) in [6, 6.07) is 11.4. The molecule has 0 amide bonds. The van der Waals surface area contributed by atoms with E-state index in [9.17, 15) is 22.0 Å². The van der Waals surface area contributed by atoms with Gasteiger partial charge in [-0.1, -0.05) is 0 Å². The quantitative estimate of drug-likeness (QED) is 0.509. The molecular formula is C19H16F2N2O5S2. The number of hydrogen-bond acceptors (Lipinski definition) is 8. The SMILES string of the molecule is COc1ccc(Nc2nc(COC(=O)c3ccc(S(=O)(=O)C(F)F)cc3)cs2)cc1. The number of nitrogens with one attached hydrogen (secondary N) is 1. The Morgan fingerprint density at radius 1 is 1.13 bits per heavy atom. The number of thiazole rings is 1. The minimum atomic E-state index is -4.71. The number of methoxy groups -OCH3 is 1. The van der Waals surface area contributed by atoms with Gasteiger partial charge in [0.1, 0.15) is 12.4 Å². The topological polar surface area (TPSA) is 94.6 Å². The van der Waals surface area contributed by atoms with Gasteiger partial charge in [0.2, 0.25) is 9.84 Å². The van der Waals surface area contributed by atoms with Gasteiger partial charge in [0, 0.05) is 11.1 Å². The molecule has 0 radical (unpaired) electrons. The standard InChI is InChI=1S/C19H16F2N2O5S2/c1-27-15-6-4-13(5-7-15)22-19-23-14(11-29-19)10-28-17(24)12-2-8-16(9-3-12)30(25,26)18(20)21/h2-9,11,18H,10H2,1H3,(H,22,23). The van der Waals surface area contributed by atoms with Crippen molar-refractivity contribution < 1.29 is 31.5 Å². The van der Waals surface area contributed by atoms with Crippen molar-refractivity contribution in [3.8, 4) is 5.75 Å². The molecule has 0 atom stereocenters. The van der Waals surface area contributed by atoms with Crippen LogP contribution < -0.4 is 10.1 Å². The van der Waals surface area contributed by atoms with E-state index in [1.165, 1.54) is 11.3 Å². The van der Waals surface area contributed by atoms with Crippen molar-refractivity contribution in [1.29, 1.82) is 0 Å². The van der Waals surface area contributed by atoms with E-state index in [-0.39, 0.29) is 12.2 Å². The fourth-order valence-corrected chi connectivity index (χ4v) is 3.77. The molecule has 0 saturated heterocycles. The largest absolute Gasteiger partial charge is 0.497 e. The number of benzene rings is 2. The van der Waals surface area contributed by atoms with Crippen molar-refractivity contribution in [2.75, 3.05) is 12.4 Å². The van der Waals surface area contributed by atoms with Crippen molar-refractivity contribution in [3.05, 3.63) is 65.2 Å². The van der Waals surface area contributed by atoms with Crippen LogP contribution >= 0.6 is 11.3 Å². The molecule has 30 heavy (non-hydrogen) atoms. The summed E-state index contributed by atoms with van der Waals surface area (Å²) in [7, 11) is -3.13. The molecule has 1 N–H and O–H groups in total. The van der Waals surface area contributed by atoms with Crippen LogP contribution in [-0.4, -0.2) is 32.2 Å². The molecule has 11 heteroatoms. The molecule has 0 spiro atoms. The zero-order valence-corrected chi connectivity index (χ0v) is 17.2. The monoisotopic (exact) mass is 454 g/mol. The second-order valence-electron chi connectivity index (χ2n) is 5.90.